The van der Waals surface area contributed by atoms with E-state index in [9.17, 15) is 14.9 Å². The number of aromatic nitrogens is 4. The number of hydrogen-bond donors (Lipinski definition) is 1. The van der Waals surface area contributed by atoms with Gasteiger partial charge in [-0.2, -0.15) is 0 Å². The highest BCUT2D eigenvalue weighted by Gasteiger charge is 2.56. The van der Waals surface area contributed by atoms with Crippen LogP contribution in [0.15, 0.2) is 36.9 Å². The number of nitro benzene ring substituents is 1. The fourth-order valence-electron chi connectivity index (χ4n) is 3.99. The Hall–Kier alpha value is -3.88. The van der Waals surface area contributed by atoms with Gasteiger partial charge in [-0.3, -0.25) is 14.7 Å². The van der Waals surface area contributed by atoms with Crippen molar-refractivity contribution < 1.29 is 33.4 Å². The monoisotopic (exact) mass is 472 g/mol. The predicted molar refractivity (Wildman–Crippen MR) is 113 cm³/mol. The molecule has 3 aromatic rings. The van der Waals surface area contributed by atoms with Crippen LogP contribution in [0, 0.1) is 10.1 Å². The molecule has 4 heterocycles. The zero-order chi connectivity index (χ0) is 24.0. The van der Waals surface area contributed by atoms with Crippen LogP contribution in [-0.2, 0) is 18.9 Å². The Morgan fingerprint density at radius 1 is 1.21 bits per heavy atom. The molecule has 0 unspecified atom stereocenters. The second kappa shape index (κ2) is 8.16. The minimum absolute atomic E-state index is 0.0995. The van der Waals surface area contributed by atoms with Gasteiger partial charge in [0.25, 0.3) is 5.69 Å². The van der Waals surface area contributed by atoms with Crippen molar-refractivity contribution in [3.8, 4) is 5.75 Å². The average Bonchev–Trinajstić information content (AvgIpc) is 3.44. The van der Waals surface area contributed by atoms with E-state index in [-0.39, 0.29) is 23.9 Å². The normalized spacial score (nSPS) is 25.2. The van der Waals surface area contributed by atoms with E-state index in [0.717, 1.165) is 0 Å². The lowest BCUT2D eigenvalue weighted by atomic mass is 10.1. The van der Waals surface area contributed by atoms with Gasteiger partial charge in [-0.1, -0.05) is 0 Å². The summed E-state index contributed by atoms with van der Waals surface area (Å²) >= 11 is 0. The van der Waals surface area contributed by atoms with Crippen LogP contribution < -0.4 is 10.5 Å². The minimum atomic E-state index is -0.996. The third-order valence-corrected chi connectivity index (χ3v) is 5.40. The summed E-state index contributed by atoms with van der Waals surface area (Å²) in [6.45, 7) is 3.36. The first kappa shape index (κ1) is 21.9. The van der Waals surface area contributed by atoms with Crippen molar-refractivity contribution in [1.82, 2.24) is 19.5 Å². The van der Waals surface area contributed by atoms with Crippen LogP contribution in [0.2, 0.25) is 0 Å². The first-order valence-electron chi connectivity index (χ1n) is 10.2. The number of nitrogens with zero attached hydrogens (tertiary/aromatic N) is 5. The summed E-state index contributed by atoms with van der Waals surface area (Å²) in [5, 5.41) is 10.7. The fraction of sp³-hybridized carbons (Fsp3) is 0.400. The Balaban J connectivity index is 1.29. The molecule has 0 spiro atoms. The Morgan fingerprint density at radius 2 is 1.94 bits per heavy atom. The molecule has 2 saturated heterocycles. The molecule has 4 atom stereocenters. The molecule has 2 aliphatic heterocycles. The van der Waals surface area contributed by atoms with E-state index in [2.05, 4.69) is 15.0 Å². The number of anilines is 1. The van der Waals surface area contributed by atoms with E-state index in [0.29, 0.717) is 11.2 Å². The van der Waals surface area contributed by atoms with E-state index < -0.39 is 41.4 Å². The number of benzene rings is 1. The number of carbonyl (C=O) groups is 1. The number of nitro groups is 1. The van der Waals surface area contributed by atoms with Gasteiger partial charge in [0.1, 0.15) is 42.5 Å². The van der Waals surface area contributed by atoms with Gasteiger partial charge in [-0.25, -0.2) is 19.7 Å². The van der Waals surface area contributed by atoms with Gasteiger partial charge in [-0.15, -0.1) is 0 Å². The minimum Gasteiger partial charge on any atom is -0.431 e. The highest BCUT2D eigenvalue weighted by atomic mass is 16.8. The maximum atomic E-state index is 12.2. The van der Waals surface area contributed by atoms with Crippen LogP contribution in [0.4, 0.5) is 16.3 Å². The molecule has 178 valence electrons. The van der Waals surface area contributed by atoms with Gasteiger partial charge in [0.05, 0.1) is 11.3 Å². The summed E-state index contributed by atoms with van der Waals surface area (Å²) in [5.74, 6) is -0.558. The van der Waals surface area contributed by atoms with E-state index in [1.807, 2.05) is 0 Å². The quantitative estimate of drug-likeness (QED) is 0.247. The zero-order valence-corrected chi connectivity index (χ0v) is 18.1. The third-order valence-electron chi connectivity index (χ3n) is 5.40. The number of imidazole rings is 1. The van der Waals surface area contributed by atoms with E-state index in [4.69, 9.17) is 29.4 Å². The lowest BCUT2D eigenvalue weighted by Crippen LogP contribution is -2.34. The molecule has 0 saturated carbocycles. The fourth-order valence-corrected chi connectivity index (χ4v) is 3.99. The number of ether oxygens (including phenoxy) is 5. The highest BCUT2D eigenvalue weighted by Crippen LogP contribution is 2.43. The molecule has 5 rings (SSSR count). The van der Waals surface area contributed by atoms with Crippen molar-refractivity contribution in [2.45, 2.75) is 44.2 Å². The topological polar surface area (TPSA) is 176 Å². The summed E-state index contributed by atoms with van der Waals surface area (Å²) in [4.78, 5) is 34.8. The van der Waals surface area contributed by atoms with Gasteiger partial charge in [0.15, 0.2) is 23.5 Å². The number of carbonyl (C=O) groups excluding carboxylic acids is 1. The smallest absolute Gasteiger partial charge is 0.431 e. The van der Waals surface area contributed by atoms with E-state index >= 15 is 0 Å². The van der Waals surface area contributed by atoms with Crippen molar-refractivity contribution in [1.29, 1.82) is 0 Å². The maximum Gasteiger partial charge on any atom is 0.513 e. The standard InChI is InChI=1S/C20H20N6O8/c1-20(2)33-14-12(7-30-19(27)31-11-5-3-10(4-6-11)26(28)29)32-18(15(14)34-20)25-9-24-13-16(21)22-8-23-17(13)25/h3-6,8-9,12,14-15,18H,7H2,1-2H3,(H2,21,22,23)/t12-,14+,15-,18-/m1/s1. The second-order valence-electron chi connectivity index (χ2n) is 8.13. The van der Waals surface area contributed by atoms with Gasteiger partial charge < -0.3 is 29.4 Å². The predicted octanol–water partition coefficient (Wildman–Crippen LogP) is 1.95. The molecule has 14 heteroatoms. The SMILES string of the molecule is CC1(C)O[C@@H]2[C@@H](O1)[C@@H](COC(=O)Oc1ccc([N+](=O)[O-])cc1)O[C@H]2n1cnc2c(N)ncnc21. The molecule has 0 bridgehead atoms. The summed E-state index contributed by atoms with van der Waals surface area (Å²) < 4.78 is 30.2. The zero-order valence-electron chi connectivity index (χ0n) is 18.1. The molecule has 0 amide bonds. The molecule has 2 aliphatic rings. The Bertz CT molecular complexity index is 1250. The number of hydrogen-bond acceptors (Lipinski definition) is 12. The Kier molecular flexibility index (Phi) is 5.27. The van der Waals surface area contributed by atoms with E-state index in [1.165, 1.54) is 36.9 Å². The summed E-state index contributed by atoms with van der Waals surface area (Å²) in [7, 11) is 0. The summed E-state index contributed by atoms with van der Waals surface area (Å²) in [6, 6.07) is 5.03. The van der Waals surface area contributed by atoms with E-state index in [1.54, 1.807) is 18.4 Å². The van der Waals surface area contributed by atoms with Crippen molar-refractivity contribution >= 4 is 28.8 Å². The molecular weight excluding hydrogens is 452 g/mol. The van der Waals surface area contributed by atoms with Crippen molar-refractivity contribution in [2.24, 2.45) is 0 Å². The van der Waals surface area contributed by atoms with Crippen LogP contribution in [0.5, 0.6) is 5.75 Å². The van der Waals surface area contributed by atoms with Crippen LogP contribution in [0.25, 0.3) is 11.2 Å². The van der Waals surface area contributed by atoms with Crippen LogP contribution in [0.1, 0.15) is 20.1 Å². The van der Waals surface area contributed by atoms with Gasteiger partial charge >= 0.3 is 6.16 Å². The number of nitrogens with two attached hydrogens (primary N) is 1. The van der Waals surface area contributed by atoms with Crippen molar-refractivity contribution in [3.05, 3.63) is 47.0 Å². The highest BCUT2D eigenvalue weighted by molar-refractivity contribution is 5.81. The average molecular weight is 472 g/mol. The summed E-state index contributed by atoms with van der Waals surface area (Å²) in [5.41, 5.74) is 6.64. The van der Waals surface area contributed by atoms with Crippen molar-refractivity contribution in [2.75, 3.05) is 12.3 Å². The summed E-state index contributed by atoms with van der Waals surface area (Å²) in [6.07, 6.45) is -0.593. The molecule has 2 aromatic heterocycles. The Morgan fingerprint density at radius 3 is 2.68 bits per heavy atom. The molecular formula is C20H20N6O8. The van der Waals surface area contributed by atoms with Crippen LogP contribution >= 0.6 is 0 Å². The van der Waals surface area contributed by atoms with Crippen LogP contribution in [-0.4, -0.2) is 61.3 Å². The number of fused-ring (bicyclic) bond motifs is 2. The number of rotatable bonds is 5. The molecule has 0 radical (unpaired) electrons. The molecule has 34 heavy (non-hydrogen) atoms. The van der Waals surface area contributed by atoms with Gasteiger partial charge in [-0.05, 0) is 26.0 Å². The number of nitrogen functional groups attached to an aromatic ring is 1. The van der Waals surface area contributed by atoms with Gasteiger partial charge in [0.2, 0.25) is 0 Å². The third kappa shape index (κ3) is 3.98. The first-order chi connectivity index (χ1) is 16.2. The first-order valence-corrected chi connectivity index (χ1v) is 10.2. The van der Waals surface area contributed by atoms with Gasteiger partial charge in [0, 0.05) is 12.1 Å². The number of non-ortho nitro benzene ring substituents is 1. The molecule has 2 fully saturated rings. The molecule has 14 nitrogen and oxygen atoms in total. The maximum absolute atomic E-state index is 12.2. The lowest BCUT2D eigenvalue weighted by Gasteiger charge is -2.24. The lowest BCUT2D eigenvalue weighted by molar-refractivity contribution is -0.384. The molecule has 0 aliphatic carbocycles. The molecule has 1 aromatic carbocycles. The molecule has 2 N–H and O–H groups in total. The largest absolute Gasteiger partial charge is 0.513 e. The Labute approximate surface area is 191 Å². The van der Waals surface area contributed by atoms with Crippen molar-refractivity contribution in [3.63, 3.8) is 0 Å². The van der Waals surface area contributed by atoms with Crippen LogP contribution in [0.3, 0.4) is 0 Å². The second-order valence-corrected chi connectivity index (χ2v) is 8.13.